The molecule has 0 aliphatic carbocycles. The third kappa shape index (κ3) is 6.62. The topological polar surface area (TPSA) is 61.7 Å². The zero-order valence-corrected chi connectivity index (χ0v) is 19.1. The van der Waals surface area contributed by atoms with E-state index in [2.05, 4.69) is 26.7 Å². The molecule has 3 heterocycles. The molecule has 0 bridgehead atoms. The Morgan fingerprint density at radius 2 is 1.87 bits per heavy atom. The average Bonchev–Trinajstić information content (AvgIpc) is 3.16. The lowest BCUT2D eigenvalue weighted by atomic mass is 10.2. The lowest BCUT2D eigenvalue weighted by molar-refractivity contribution is 0.0947. The molecule has 0 radical (unpaired) electrons. The SMILES string of the molecule is Cl.Cl.O=C(NCCN1CCNCC1)c1ccc(SCc2cn3ccccc3n2)cc1. The first-order valence-electron chi connectivity index (χ1n) is 9.65. The molecule has 0 atom stereocenters. The normalized spacial score (nSPS) is 14.0. The fraction of sp³-hybridized carbons (Fsp3) is 0.333. The predicted molar refractivity (Wildman–Crippen MR) is 127 cm³/mol. The van der Waals surface area contributed by atoms with E-state index in [0.717, 1.165) is 54.7 Å². The maximum atomic E-state index is 12.3. The molecular formula is C21H27Cl2N5OS. The molecule has 3 aromatic rings. The molecule has 2 N–H and O–H groups in total. The summed E-state index contributed by atoms with van der Waals surface area (Å²) in [6.07, 6.45) is 4.06. The lowest BCUT2D eigenvalue weighted by Crippen LogP contribution is -2.46. The molecule has 1 saturated heterocycles. The van der Waals surface area contributed by atoms with Crippen molar-refractivity contribution in [1.82, 2.24) is 24.9 Å². The molecule has 0 unspecified atom stereocenters. The van der Waals surface area contributed by atoms with Crippen molar-refractivity contribution < 1.29 is 4.79 Å². The van der Waals surface area contributed by atoms with Gasteiger partial charge in [-0.1, -0.05) is 6.07 Å². The van der Waals surface area contributed by atoms with E-state index in [1.54, 1.807) is 11.8 Å². The van der Waals surface area contributed by atoms with Gasteiger partial charge in [-0.25, -0.2) is 4.98 Å². The summed E-state index contributed by atoms with van der Waals surface area (Å²) in [7, 11) is 0. The summed E-state index contributed by atoms with van der Waals surface area (Å²) in [6, 6.07) is 13.8. The van der Waals surface area contributed by atoms with Gasteiger partial charge >= 0.3 is 0 Å². The van der Waals surface area contributed by atoms with Crippen LogP contribution in [0.5, 0.6) is 0 Å². The van der Waals surface area contributed by atoms with E-state index in [1.165, 1.54) is 0 Å². The van der Waals surface area contributed by atoms with E-state index in [1.807, 2.05) is 53.1 Å². The quantitative estimate of drug-likeness (QED) is 0.522. The molecule has 1 aliphatic heterocycles. The molecule has 2 aromatic heterocycles. The van der Waals surface area contributed by atoms with Crippen molar-refractivity contribution in [2.24, 2.45) is 0 Å². The highest BCUT2D eigenvalue weighted by Crippen LogP contribution is 2.23. The molecule has 0 spiro atoms. The van der Waals surface area contributed by atoms with E-state index >= 15 is 0 Å². The van der Waals surface area contributed by atoms with Crippen LogP contribution in [0.15, 0.2) is 59.8 Å². The Hall–Kier alpha value is -1.77. The van der Waals surface area contributed by atoms with E-state index < -0.39 is 0 Å². The number of hydrogen-bond acceptors (Lipinski definition) is 5. The largest absolute Gasteiger partial charge is 0.351 e. The second-order valence-electron chi connectivity index (χ2n) is 6.86. The molecule has 1 aliphatic rings. The minimum absolute atomic E-state index is 0. The van der Waals surface area contributed by atoms with Crippen LogP contribution in [0.3, 0.4) is 0 Å². The number of nitrogens with zero attached hydrogens (tertiary/aromatic N) is 3. The van der Waals surface area contributed by atoms with Gasteiger partial charge in [-0.15, -0.1) is 36.6 Å². The zero-order chi connectivity index (χ0) is 19.2. The molecule has 1 amide bonds. The van der Waals surface area contributed by atoms with Crippen LogP contribution in [0, 0.1) is 0 Å². The number of pyridine rings is 1. The number of carbonyl (C=O) groups is 1. The summed E-state index contributed by atoms with van der Waals surface area (Å²) >= 11 is 1.73. The molecule has 1 aromatic carbocycles. The van der Waals surface area contributed by atoms with Gasteiger partial charge in [0.05, 0.1) is 5.69 Å². The number of fused-ring (bicyclic) bond motifs is 1. The van der Waals surface area contributed by atoms with Crippen LogP contribution in [0.1, 0.15) is 16.1 Å². The maximum Gasteiger partial charge on any atom is 0.251 e. The molecule has 30 heavy (non-hydrogen) atoms. The van der Waals surface area contributed by atoms with Gasteiger partial charge < -0.3 is 15.0 Å². The van der Waals surface area contributed by atoms with Gasteiger partial charge in [0.2, 0.25) is 0 Å². The Balaban J connectivity index is 0.00000160. The second kappa shape index (κ2) is 12.2. The van der Waals surface area contributed by atoms with Crippen molar-refractivity contribution in [3.8, 4) is 0 Å². The number of imidazole rings is 1. The molecule has 0 saturated carbocycles. The van der Waals surface area contributed by atoms with Crippen LogP contribution < -0.4 is 10.6 Å². The Morgan fingerprint density at radius 1 is 1.10 bits per heavy atom. The molecule has 9 heteroatoms. The smallest absolute Gasteiger partial charge is 0.251 e. The van der Waals surface area contributed by atoms with Gasteiger partial charge in [-0.2, -0.15) is 0 Å². The highest BCUT2D eigenvalue weighted by Gasteiger charge is 2.10. The molecule has 4 rings (SSSR count). The fourth-order valence-corrected chi connectivity index (χ4v) is 4.06. The van der Waals surface area contributed by atoms with Crippen molar-refractivity contribution >= 4 is 48.1 Å². The number of thioether (sulfide) groups is 1. The second-order valence-corrected chi connectivity index (χ2v) is 7.91. The lowest BCUT2D eigenvalue weighted by Gasteiger charge is -2.27. The Labute approximate surface area is 193 Å². The van der Waals surface area contributed by atoms with Gasteiger partial charge in [-0.3, -0.25) is 9.69 Å². The van der Waals surface area contributed by atoms with Crippen molar-refractivity contribution in [2.75, 3.05) is 39.3 Å². The van der Waals surface area contributed by atoms with Gasteiger partial charge in [0.15, 0.2) is 0 Å². The first kappa shape index (κ1) is 24.5. The summed E-state index contributed by atoms with van der Waals surface area (Å²) < 4.78 is 2.03. The molecule has 1 fully saturated rings. The Morgan fingerprint density at radius 3 is 2.60 bits per heavy atom. The van der Waals surface area contributed by atoms with Crippen molar-refractivity contribution in [3.05, 3.63) is 66.1 Å². The third-order valence-corrected chi connectivity index (χ3v) is 5.89. The van der Waals surface area contributed by atoms with Gasteiger partial charge in [0, 0.05) is 67.9 Å². The standard InChI is InChI=1S/C21H25N5OS.2ClH/c27-21(23-10-14-25-12-8-22-9-13-25)17-4-6-19(7-5-17)28-16-18-15-26-11-2-1-3-20(26)24-18;;/h1-7,11,15,22H,8-10,12-14,16H2,(H,23,27);2*1H. The van der Waals surface area contributed by atoms with Crippen LogP contribution in [0.2, 0.25) is 0 Å². The van der Waals surface area contributed by atoms with Crippen molar-refractivity contribution in [2.45, 2.75) is 10.6 Å². The summed E-state index contributed by atoms with van der Waals surface area (Å²) in [5.74, 6) is 0.796. The number of piperazine rings is 1. The minimum Gasteiger partial charge on any atom is -0.351 e. The number of hydrogen-bond donors (Lipinski definition) is 2. The van der Waals surface area contributed by atoms with Crippen LogP contribution in [0.25, 0.3) is 5.65 Å². The van der Waals surface area contributed by atoms with Gasteiger partial charge in [0.25, 0.3) is 5.91 Å². The van der Waals surface area contributed by atoms with Gasteiger partial charge in [-0.05, 0) is 36.4 Å². The first-order valence-corrected chi connectivity index (χ1v) is 10.6. The average molecular weight is 468 g/mol. The van der Waals surface area contributed by atoms with E-state index in [0.29, 0.717) is 12.1 Å². The Bertz CT molecular complexity index is 896. The van der Waals surface area contributed by atoms with Crippen molar-refractivity contribution in [3.63, 3.8) is 0 Å². The van der Waals surface area contributed by atoms with E-state index in [4.69, 9.17) is 0 Å². The summed E-state index contributed by atoms with van der Waals surface area (Å²) in [6.45, 7) is 5.75. The summed E-state index contributed by atoms with van der Waals surface area (Å²) in [5.41, 5.74) is 2.72. The third-order valence-electron chi connectivity index (χ3n) is 4.84. The van der Waals surface area contributed by atoms with Gasteiger partial charge in [0.1, 0.15) is 5.65 Å². The maximum absolute atomic E-state index is 12.3. The van der Waals surface area contributed by atoms with Crippen LogP contribution in [0.4, 0.5) is 0 Å². The number of halogens is 2. The summed E-state index contributed by atoms with van der Waals surface area (Å²) in [4.78, 5) is 20.4. The number of amides is 1. The highest BCUT2D eigenvalue weighted by molar-refractivity contribution is 7.98. The van der Waals surface area contributed by atoms with Crippen LogP contribution in [-0.4, -0.2) is 59.5 Å². The van der Waals surface area contributed by atoms with Crippen LogP contribution >= 0.6 is 36.6 Å². The minimum atomic E-state index is -0.00737. The first-order chi connectivity index (χ1) is 13.8. The summed E-state index contributed by atoms with van der Waals surface area (Å²) in [5, 5.41) is 6.35. The number of nitrogens with one attached hydrogen (secondary N) is 2. The van der Waals surface area contributed by atoms with Crippen LogP contribution in [-0.2, 0) is 5.75 Å². The number of rotatable bonds is 7. The Kier molecular flexibility index (Phi) is 9.94. The fourth-order valence-electron chi connectivity index (χ4n) is 3.28. The predicted octanol–water partition coefficient (Wildman–Crippen LogP) is 3.11. The molecular weight excluding hydrogens is 441 g/mol. The van der Waals surface area contributed by atoms with E-state index in [-0.39, 0.29) is 30.7 Å². The number of benzene rings is 1. The number of aromatic nitrogens is 2. The van der Waals surface area contributed by atoms with E-state index in [9.17, 15) is 4.79 Å². The highest BCUT2D eigenvalue weighted by atomic mass is 35.5. The number of carbonyl (C=O) groups excluding carboxylic acids is 1. The monoisotopic (exact) mass is 467 g/mol. The van der Waals surface area contributed by atoms with Crippen molar-refractivity contribution in [1.29, 1.82) is 0 Å². The zero-order valence-electron chi connectivity index (χ0n) is 16.6. The molecule has 6 nitrogen and oxygen atoms in total. The molecule has 162 valence electrons.